The molecule has 2 N–H and O–H groups in total. The van der Waals surface area contributed by atoms with Crippen LogP contribution in [0.4, 0.5) is 4.39 Å². The molecule has 30 heavy (non-hydrogen) atoms. The van der Waals surface area contributed by atoms with Gasteiger partial charge in [-0.05, 0) is 42.3 Å². The van der Waals surface area contributed by atoms with E-state index in [0.717, 1.165) is 25.1 Å². The van der Waals surface area contributed by atoms with Gasteiger partial charge in [-0.2, -0.15) is 5.10 Å². The number of nitrogens with one attached hydrogen (secondary N) is 2. The number of aromatic amines is 1. The number of H-pyrrole nitrogens is 1. The Balaban J connectivity index is 1.60. The highest BCUT2D eigenvalue weighted by molar-refractivity contribution is 6.06. The predicted octanol–water partition coefficient (Wildman–Crippen LogP) is 2.84. The Morgan fingerprint density at radius 3 is 2.63 bits per heavy atom. The van der Waals surface area contributed by atoms with Gasteiger partial charge in [0.15, 0.2) is 0 Å². The molecule has 8 heteroatoms. The Morgan fingerprint density at radius 1 is 1.20 bits per heavy atom. The van der Waals surface area contributed by atoms with Crippen LogP contribution in [0.15, 0.2) is 36.4 Å². The Morgan fingerprint density at radius 2 is 1.97 bits per heavy atom. The SMILES string of the molecule is COc1c(C(=O)NCC(=O)N2CCC2)ccc2[nH]nc(C=Cc3ccc(F)cc3)c12. The molecule has 4 rings (SSSR count). The number of amides is 2. The Labute approximate surface area is 172 Å². The largest absolute Gasteiger partial charge is 0.495 e. The number of methoxy groups -OCH3 is 1. The maximum absolute atomic E-state index is 13.1. The maximum Gasteiger partial charge on any atom is 0.255 e. The predicted molar refractivity (Wildman–Crippen MR) is 112 cm³/mol. The van der Waals surface area contributed by atoms with Crippen molar-refractivity contribution in [2.45, 2.75) is 6.42 Å². The second-order valence-electron chi connectivity index (χ2n) is 6.98. The third kappa shape index (κ3) is 3.89. The zero-order valence-electron chi connectivity index (χ0n) is 16.4. The van der Waals surface area contributed by atoms with Crippen LogP contribution in [0.3, 0.4) is 0 Å². The van der Waals surface area contributed by atoms with Gasteiger partial charge in [-0.3, -0.25) is 14.7 Å². The summed E-state index contributed by atoms with van der Waals surface area (Å²) in [5.41, 5.74) is 2.42. The van der Waals surface area contributed by atoms with Gasteiger partial charge >= 0.3 is 0 Å². The van der Waals surface area contributed by atoms with Crippen LogP contribution in [0.5, 0.6) is 5.75 Å². The van der Waals surface area contributed by atoms with Crippen LogP contribution in [-0.4, -0.2) is 53.7 Å². The molecule has 154 valence electrons. The van der Waals surface area contributed by atoms with Crippen molar-refractivity contribution < 1.29 is 18.7 Å². The van der Waals surface area contributed by atoms with Crippen LogP contribution >= 0.6 is 0 Å². The van der Waals surface area contributed by atoms with Gasteiger partial charge in [-0.25, -0.2) is 4.39 Å². The first-order chi connectivity index (χ1) is 14.6. The molecule has 1 fully saturated rings. The Kier molecular flexibility index (Phi) is 5.47. The summed E-state index contributed by atoms with van der Waals surface area (Å²) in [7, 11) is 1.48. The van der Waals surface area contributed by atoms with Gasteiger partial charge in [0, 0.05) is 13.1 Å². The molecule has 0 radical (unpaired) electrons. The molecule has 0 saturated carbocycles. The van der Waals surface area contributed by atoms with Crippen LogP contribution in [0.2, 0.25) is 0 Å². The molecule has 0 bridgehead atoms. The summed E-state index contributed by atoms with van der Waals surface area (Å²) < 4.78 is 18.6. The lowest BCUT2D eigenvalue weighted by Gasteiger charge is -2.30. The van der Waals surface area contributed by atoms with Gasteiger partial charge in [0.05, 0.1) is 35.8 Å². The monoisotopic (exact) mass is 408 g/mol. The number of fused-ring (bicyclic) bond motifs is 1. The molecule has 2 heterocycles. The Bertz CT molecular complexity index is 1120. The fourth-order valence-electron chi connectivity index (χ4n) is 3.30. The summed E-state index contributed by atoms with van der Waals surface area (Å²) in [5, 5.41) is 10.5. The number of benzene rings is 2. The molecule has 0 spiro atoms. The fourth-order valence-corrected chi connectivity index (χ4v) is 3.30. The van der Waals surface area contributed by atoms with E-state index in [1.807, 2.05) is 0 Å². The summed E-state index contributed by atoms with van der Waals surface area (Å²) in [5.74, 6) is -0.422. The molecule has 7 nitrogen and oxygen atoms in total. The number of hydrogen-bond acceptors (Lipinski definition) is 4. The minimum atomic E-state index is -0.391. The van der Waals surface area contributed by atoms with Gasteiger partial charge in [0.2, 0.25) is 5.91 Å². The van der Waals surface area contributed by atoms with Crippen molar-refractivity contribution in [3.63, 3.8) is 0 Å². The lowest BCUT2D eigenvalue weighted by atomic mass is 10.1. The van der Waals surface area contributed by atoms with E-state index in [2.05, 4.69) is 15.5 Å². The molecular formula is C22H21FN4O3. The third-order valence-electron chi connectivity index (χ3n) is 5.07. The average Bonchev–Trinajstić information content (AvgIpc) is 3.13. The lowest BCUT2D eigenvalue weighted by Crippen LogP contribution is -2.47. The van der Waals surface area contributed by atoms with E-state index in [-0.39, 0.29) is 18.3 Å². The molecule has 1 aromatic heterocycles. The van der Waals surface area contributed by atoms with E-state index >= 15 is 0 Å². The van der Waals surface area contributed by atoms with Crippen molar-refractivity contribution >= 4 is 34.9 Å². The molecule has 2 aromatic carbocycles. The summed E-state index contributed by atoms with van der Waals surface area (Å²) in [6, 6.07) is 9.46. The van der Waals surface area contributed by atoms with Crippen molar-refractivity contribution in [2.24, 2.45) is 0 Å². The average molecular weight is 408 g/mol. The second kappa shape index (κ2) is 8.36. The number of carbonyl (C=O) groups excluding carboxylic acids is 2. The smallest absolute Gasteiger partial charge is 0.255 e. The number of aromatic nitrogens is 2. The van der Waals surface area contributed by atoms with E-state index in [1.165, 1.54) is 19.2 Å². The number of halogens is 1. The first-order valence-electron chi connectivity index (χ1n) is 9.61. The fraction of sp³-hybridized carbons (Fsp3) is 0.227. The van der Waals surface area contributed by atoms with Crippen LogP contribution < -0.4 is 10.1 Å². The number of nitrogens with zero attached hydrogens (tertiary/aromatic N) is 2. The van der Waals surface area contributed by atoms with Gasteiger partial charge in [-0.1, -0.05) is 18.2 Å². The van der Waals surface area contributed by atoms with Crippen LogP contribution in [0.25, 0.3) is 23.1 Å². The molecule has 1 aliphatic rings. The molecular weight excluding hydrogens is 387 g/mol. The van der Waals surface area contributed by atoms with Gasteiger partial charge in [0.1, 0.15) is 11.6 Å². The third-order valence-corrected chi connectivity index (χ3v) is 5.07. The van der Waals surface area contributed by atoms with E-state index in [9.17, 15) is 14.0 Å². The molecule has 1 saturated heterocycles. The lowest BCUT2D eigenvalue weighted by molar-refractivity contribution is -0.133. The highest BCUT2D eigenvalue weighted by atomic mass is 19.1. The standard InChI is InChI=1S/C22H21FN4O3/c1-30-21-16(22(29)24-13-19(28)27-11-2-12-27)8-10-18-20(21)17(25-26-18)9-5-14-3-6-15(23)7-4-14/h3-10H,2,11-13H2,1H3,(H,24,29)(H,25,26). The van der Waals surface area contributed by atoms with Crippen LogP contribution in [-0.2, 0) is 4.79 Å². The van der Waals surface area contributed by atoms with Crippen molar-refractivity contribution in [1.82, 2.24) is 20.4 Å². The molecule has 0 unspecified atom stereocenters. The number of likely N-dealkylation sites (tertiary alicyclic amines) is 1. The summed E-state index contributed by atoms with van der Waals surface area (Å²) in [4.78, 5) is 26.4. The molecule has 1 aliphatic heterocycles. The van der Waals surface area contributed by atoms with E-state index in [0.29, 0.717) is 27.9 Å². The first kappa shape index (κ1) is 19.6. The molecule has 0 aliphatic carbocycles. The van der Waals surface area contributed by atoms with E-state index in [4.69, 9.17) is 4.74 Å². The van der Waals surface area contributed by atoms with Crippen LogP contribution in [0.1, 0.15) is 28.0 Å². The van der Waals surface area contributed by atoms with Crippen LogP contribution in [0, 0.1) is 5.82 Å². The molecule has 2 amide bonds. The summed E-state index contributed by atoms with van der Waals surface area (Å²) >= 11 is 0. The second-order valence-corrected chi connectivity index (χ2v) is 6.98. The maximum atomic E-state index is 13.1. The number of hydrogen-bond donors (Lipinski definition) is 2. The van der Waals surface area contributed by atoms with E-state index < -0.39 is 5.91 Å². The quantitative estimate of drug-likeness (QED) is 0.657. The van der Waals surface area contributed by atoms with Gasteiger partial charge in [0.25, 0.3) is 5.91 Å². The number of ether oxygens (including phenoxy) is 1. The zero-order chi connectivity index (χ0) is 21.1. The minimum Gasteiger partial charge on any atom is -0.495 e. The number of rotatable bonds is 6. The highest BCUT2D eigenvalue weighted by Gasteiger charge is 2.22. The summed E-state index contributed by atoms with van der Waals surface area (Å²) in [6.45, 7) is 1.42. The molecule has 3 aromatic rings. The minimum absolute atomic E-state index is 0.0528. The van der Waals surface area contributed by atoms with Crippen molar-refractivity contribution in [2.75, 3.05) is 26.7 Å². The van der Waals surface area contributed by atoms with E-state index in [1.54, 1.807) is 41.3 Å². The van der Waals surface area contributed by atoms with Gasteiger partial charge < -0.3 is 15.0 Å². The van der Waals surface area contributed by atoms with Crippen molar-refractivity contribution in [3.8, 4) is 5.75 Å². The van der Waals surface area contributed by atoms with Crippen molar-refractivity contribution in [1.29, 1.82) is 0 Å². The number of carbonyl (C=O) groups is 2. The highest BCUT2D eigenvalue weighted by Crippen LogP contribution is 2.32. The zero-order valence-corrected chi connectivity index (χ0v) is 16.4. The Hall–Kier alpha value is -3.68. The first-order valence-corrected chi connectivity index (χ1v) is 9.61. The van der Waals surface area contributed by atoms with Crippen molar-refractivity contribution in [3.05, 3.63) is 59.0 Å². The van der Waals surface area contributed by atoms with Gasteiger partial charge in [-0.15, -0.1) is 0 Å². The molecule has 0 atom stereocenters. The normalized spacial score (nSPS) is 13.5. The summed E-state index contributed by atoms with van der Waals surface area (Å²) in [6.07, 6.45) is 4.57. The topological polar surface area (TPSA) is 87.3 Å².